The van der Waals surface area contributed by atoms with E-state index in [1.54, 1.807) is 31.5 Å². The van der Waals surface area contributed by atoms with Gasteiger partial charge < -0.3 is 14.2 Å². The maximum absolute atomic E-state index is 12.3. The maximum Gasteiger partial charge on any atom is 0.271 e. The number of amides is 1. The van der Waals surface area contributed by atoms with E-state index in [2.05, 4.69) is 10.5 Å². The summed E-state index contributed by atoms with van der Waals surface area (Å²) in [7, 11) is 1.55. The highest BCUT2D eigenvalue weighted by Crippen LogP contribution is 2.28. The molecule has 1 amide bonds. The Balaban J connectivity index is 1.54. The Morgan fingerprint density at radius 1 is 1.03 bits per heavy atom. The minimum Gasteiger partial charge on any atom is -0.493 e. The van der Waals surface area contributed by atoms with Crippen molar-refractivity contribution >= 4 is 23.7 Å². The van der Waals surface area contributed by atoms with Crippen LogP contribution in [0.5, 0.6) is 17.2 Å². The molecule has 0 atom stereocenters. The fraction of sp³-hybridized carbons (Fsp3) is 0.167. The van der Waals surface area contributed by atoms with E-state index in [4.69, 9.17) is 25.8 Å². The number of hydrogen-bond acceptors (Lipinski definition) is 5. The lowest BCUT2D eigenvalue weighted by Gasteiger charge is -2.10. The van der Waals surface area contributed by atoms with Crippen LogP contribution in [0.15, 0.2) is 71.8 Å². The summed E-state index contributed by atoms with van der Waals surface area (Å²) in [5.41, 5.74) is 4.75. The van der Waals surface area contributed by atoms with E-state index in [0.29, 0.717) is 35.3 Å². The second kappa shape index (κ2) is 11.0. The first-order valence-corrected chi connectivity index (χ1v) is 10.1. The summed E-state index contributed by atoms with van der Waals surface area (Å²) in [5, 5.41) is 4.70. The van der Waals surface area contributed by atoms with Crippen LogP contribution in [0.2, 0.25) is 5.02 Å². The Morgan fingerprint density at radius 3 is 2.55 bits per heavy atom. The first-order chi connectivity index (χ1) is 15.1. The molecule has 0 aromatic heterocycles. The minimum atomic E-state index is -0.346. The average molecular weight is 439 g/mol. The first kappa shape index (κ1) is 22.2. The van der Waals surface area contributed by atoms with Crippen LogP contribution >= 0.6 is 11.6 Å². The molecule has 3 aromatic rings. The van der Waals surface area contributed by atoms with Gasteiger partial charge in [0.15, 0.2) is 11.5 Å². The average Bonchev–Trinajstić information content (AvgIpc) is 2.79. The summed E-state index contributed by atoms with van der Waals surface area (Å²) < 4.78 is 16.5. The number of rotatable bonds is 9. The predicted octanol–water partition coefficient (Wildman–Crippen LogP) is 5.09. The molecule has 6 nitrogen and oxygen atoms in total. The highest BCUT2D eigenvalue weighted by molar-refractivity contribution is 6.30. The second-order valence-electron chi connectivity index (χ2n) is 6.49. The van der Waals surface area contributed by atoms with Crippen molar-refractivity contribution in [3.05, 3.63) is 88.4 Å². The van der Waals surface area contributed by atoms with E-state index in [9.17, 15) is 4.79 Å². The van der Waals surface area contributed by atoms with Gasteiger partial charge in [-0.2, -0.15) is 5.10 Å². The van der Waals surface area contributed by atoms with Gasteiger partial charge in [-0.1, -0.05) is 23.7 Å². The van der Waals surface area contributed by atoms with Gasteiger partial charge in [-0.15, -0.1) is 0 Å². The number of methoxy groups -OCH3 is 1. The Kier molecular flexibility index (Phi) is 7.90. The van der Waals surface area contributed by atoms with Crippen LogP contribution in [0.1, 0.15) is 28.4 Å². The fourth-order valence-electron chi connectivity index (χ4n) is 2.76. The molecular formula is C24H23ClN2O4. The number of benzene rings is 3. The molecule has 1 N–H and O–H groups in total. The standard InChI is InChI=1S/C24H23ClN2O4/c1-3-30-23-14-19(9-12-22(23)29-2)24(28)27-26-15-17-7-10-21(11-8-17)31-16-18-5-4-6-20(25)13-18/h4-15H,3,16H2,1-2H3,(H,27,28)/b26-15+. The lowest BCUT2D eigenvalue weighted by molar-refractivity contribution is 0.0954. The lowest BCUT2D eigenvalue weighted by atomic mass is 10.2. The van der Waals surface area contributed by atoms with Gasteiger partial charge in [0, 0.05) is 10.6 Å². The van der Waals surface area contributed by atoms with Gasteiger partial charge in [0.2, 0.25) is 0 Å². The van der Waals surface area contributed by atoms with Gasteiger partial charge in [-0.05, 0) is 72.6 Å². The summed E-state index contributed by atoms with van der Waals surface area (Å²) in [5.74, 6) is 1.46. The SMILES string of the molecule is CCOc1cc(C(=O)N/N=C/c2ccc(OCc3cccc(Cl)c3)cc2)ccc1OC. The number of carbonyl (C=O) groups is 1. The topological polar surface area (TPSA) is 69.2 Å². The van der Waals surface area contributed by atoms with E-state index in [1.807, 2.05) is 55.5 Å². The highest BCUT2D eigenvalue weighted by Gasteiger charge is 2.10. The molecule has 0 spiro atoms. The molecule has 3 aromatic carbocycles. The molecule has 0 aliphatic carbocycles. The summed E-state index contributed by atoms with van der Waals surface area (Å²) in [6, 6.07) is 19.9. The van der Waals surface area contributed by atoms with Gasteiger partial charge in [0.1, 0.15) is 12.4 Å². The van der Waals surface area contributed by atoms with Crippen LogP contribution in [0.4, 0.5) is 0 Å². The smallest absolute Gasteiger partial charge is 0.271 e. The summed E-state index contributed by atoms with van der Waals surface area (Å²) in [6.45, 7) is 2.76. The molecule has 0 heterocycles. The zero-order valence-electron chi connectivity index (χ0n) is 17.3. The maximum atomic E-state index is 12.3. The van der Waals surface area contributed by atoms with E-state index in [-0.39, 0.29) is 5.91 Å². The van der Waals surface area contributed by atoms with Crippen molar-refractivity contribution in [2.45, 2.75) is 13.5 Å². The van der Waals surface area contributed by atoms with Crippen LogP contribution in [-0.4, -0.2) is 25.8 Å². The number of nitrogens with zero attached hydrogens (tertiary/aromatic N) is 1. The molecule has 0 aliphatic heterocycles. The van der Waals surface area contributed by atoms with Crippen LogP contribution in [0.3, 0.4) is 0 Å². The van der Waals surface area contributed by atoms with Crippen molar-refractivity contribution in [1.82, 2.24) is 5.43 Å². The van der Waals surface area contributed by atoms with Crippen molar-refractivity contribution in [2.24, 2.45) is 5.10 Å². The van der Waals surface area contributed by atoms with Crippen molar-refractivity contribution in [3.63, 3.8) is 0 Å². The van der Waals surface area contributed by atoms with Crippen LogP contribution < -0.4 is 19.6 Å². The Labute approximate surface area is 186 Å². The number of ether oxygens (including phenoxy) is 3. The molecular weight excluding hydrogens is 416 g/mol. The van der Waals surface area contributed by atoms with E-state index >= 15 is 0 Å². The van der Waals surface area contributed by atoms with E-state index in [1.165, 1.54) is 0 Å². The number of hydrogen-bond donors (Lipinski definition) is 1. The third kappa shape index (κ3) is 6.49. The Morgan fingerprint density at radius 2 is 1.84 bits per heavy atom. The lowest BCUT2D eigenvalue weighted by Crippen LogP contribution is -2.17. The quantitative estimate of drug-likeness (QED) is 0.373. The number of hydrazone groups is 1. The fourth-order valence-corrected chi connectivity index (χ4v) is 2.97. The monoisotopic (exact) mass is 438 g/mol. The van der Waals surface area contributed by atoms with Crippen molar-refractivity contribution in [1.29, 1.82) is 0 Å². The highest BCUT2D eigenvalue weighted by atomic mass is 35.5. The number of nitrogens with one attached hydrogen (secondary N) is 1. The van der Waals surface area contributed by atoms with Gasteiger partial charge in [0.05, 0.1) is 19.9 Å². The van der Waals surface area contributed by atoms with Gasteiger partial charge in [-0.25, -0.2) is 5.43 Å². The molecule has 0 bridgehead atoms. The molecule has 0 saturated carbocycles. The third-order valence-corrected chi connectivity index (χ3v) is 4.52. The van der Waals surface area contributed by atoms with E-state index in [0.717, 1.165) is 16.9 Å². The second-order valence-corrected chi connectivity index (χ2v) is 6.92. The zero-order chi connectivity index (χ0) is 22.1. The molecule has 31 heavy (non-hydrogen) atoms. The predicted molar refractivity (Wildman–Crippen MR) is 121 cm³/mol. The first-order valence-electron chi connectivity index (χ1n) is 9.70. The van der Waals surface area contributed by atoms with Gasteiger partial charge in [-0.3, -0.25) is 4.79 Å². The van der Waals surface area contributed by atoms with Crippen LogP contribution in [-0.2, 0) is 6.61 Å². The molecule has 0 fully saturated rings. The van der Waals surface area contributed by atoms with E-state index < -0.39 is 0 Å². The summed E-state index contributed by atoms with van der Waals surface area (Å²) >= 11 is 5.98. The Bertz CT molecular complexity index is 1050. The summed E-state index contributed by atoms with van der Waals surface area (Å²) in [4.78, 5) is 12.3. The molecule has 7 heteroatoms. The minimum absolute atomic E-state index is 0.346. The van der Waals surface area contributed by atoms with Crippen LogP contribution in [0, 0.1) is 0 Å². The zero-order valence-corrected chi connectivity index (χ0v) is 18.1. The molecule has 0 saturated heterocycles. The normalized spacial score (nSPS) is 10.7. The number of halogens is 1. The Hall–Kier alpha value is -3.51. The molecule has 3 rings (SSSR count). The third-order valence-electron chi connectivity index (χ3n) is 4.28. The molecule has 0 aliphatic rings. The molecule has 0 unspecified atom stereocenters. The van der Waals surface area contributed by atoms with Crippen molar-refractivity contribution in [2.75, 3.05) is 13.7 Å². The van der Waals surface area contributed by atoms with Crippen molar-refractivity contribution in [3.8, 4) is 17.2 Å². The molecule has 0 radical (unpaired) electrons. The van der Waals surface area contributed by atoms with Gasteiger partial charge >= 0.3 is 0 Å². The number of carbonyl (C=O) groups excluding carboxylic acids is 1. The van der Waals surface area contributed by atoms with Crippen LogP contribution in [0.25, 0.3) is 0 Å². The molecule has 160 valence electrons. The van der Waals surface area contributed by atoms with Gasteiger partial charge in [0.25, 0.3) is 5.91 Å². The largest absolute Gasteiger partial charge is 0.493 e. The van der Waals surface area contributed by atoms with Crippen molar-refractivity contribution < 1.29 is 19.0 Å². The summed E-state index contributed by atoms with van der Waals surface area (Å²) in [6.07, 6.45) is 1.56.